The lowest BCUT2D eigenvalue weighted by Gasteiger charge is -2.26. The fourth-order valence-electron chi connectivity index (χ4n) is 6.58. The third-order valence-electron chi connectivity index (χ3n) is 8.88. The van der Waals surface area contributed by atoms with E-state index in [1.807, 2.05) is 18.2 Å². The molecule has 0 bridgehead atoms. The van der Waals surface area contributed by atoms with Crippen LogP contribution >= 0.6 is 0 Å². The molecule has 1 aliphatic heterocycles. The lowest BCUT2D eigenvalue weighted by molar-refractivity contribution is 1.22. The Morgan fingerprint density at radius 2 is 1.02 bits per heavy atom. The first kappa shape index (κ1) is 28.2. The van der Waals surface area contributed by atoms with Gasteiger partial charge in [-0.1, -0.05) is 164 Å². The van der Waals surface area contributed by atoms with Crippen LogP contribution in [0, 0.1) is 5.41 Å². The zero-order valence-corrected chi connectivity index (χ0v) is 25.8. The molecular formula is C45H32N2. The zero-order valence-electron chi connectivity index (χ0n) is 25.8. The highest BCUT2D eigenvalue weighted by atomic mass is 14.9. The molecule has 1 heterocycles. The summed E-state index contributed by atoms with van der Waals surface area (Å²) in [5, 5.41) is 16.1. The smallest absolute Gasteiger partial charge is 0.0711 e. The Hall–Kier alpha value is -6.25. The van der Waals surface area contributed by atoms with E-state index in [4.69, 9.17) is 0 Å². The van der Waals surface area contributed by atoms with Crippen molar-refractivity contribution in [3.05, 3.63) is 204 Å². The van der Waals surface area contributed by atoms with Crippen molar-refractivity contribution >= 4 is 39.5 Å². The van der Waals surface area contributed by atoms with Crippen LogP contribution in [0.2, 0.25) is 0 Å². The van der Waals surface area contributed by atoms with Crippen LogP contribution in [0.25, 0.3) is 56.1 Å². The Bertz CT molecular complexity index is 2320. The highest BCUT2D eigenvalue weighted by molar-refractivity contribution is 6.36. The molecule has 0 spiro atoms. The van der Waals surface area contributed by atoms with E-state index in [1.165, 1.54) is 16.3 Å². The highest BCUT2D eigenvalue weighted by Crippen LogP contribution is 2.38. The van der Waals surface area contributed by atoms with Gasteiger partial charge in [0.15, 0.2) is 0 Å². The molecule has 0 fully saturated rings. The lowest BCUT2D eigenvalue weighted by Crippen LogP contribution is -2.20. The molecule has 47 heavy (non-hydrogen) atoms. The number of allylic oxidation sites excluding steroid dienone is 1. The van der Waals surface area contributed by atoms with E-state index in [-0.39, 0.29) is 0 Å². The molecule has 0 aliphatic carbocycles. The number of nitrogens with one attached hydrogen (secondary N) is 2. The van der Waals surface area contributed by atoms with E-state index >= 15 is 0 Å². The lowest BCUT2D eigenvalue weighted by atomic mass is 9.86. The number of benzene rings is 7. The summed E-state index contributed by atoms with van der Waals surface area (Å²) in [5.74, 6) is 0. The minimum absolute atomic E-state index is 0.462. The first-order valence-electron chi connectivity index (χ1n) is 15.9. The molecule has 0 unspecified atom stereocenters. The Morgan fingerprint density at radius 1 is 0.447 bits per heavy atom. The predicted molar refractivity (Wildman–Crippen MR) is 199 cm³/mol. The molecule has 0 saturated carbocycles. The molecule has 8 rings (SSSR count). The van der Waals surface area contributed by atoms with Crippen LogP contribution in [0.5, 0.6) is 0 Å². The highest BCUT2D eigenvalue weighted by Gasteiger charge is 2.24. The van der Waals surface area contributed by atoms with Gasteiger partial charge in [0.2, 0.25) is 0 Å². The molecule has 1 aliphatic rings. The summed E-state index contributed by atoms with van der Waals surface area (Å²) in [4.78, 5) is 0. The van der Waals surface area contributed by atoms with Crippen molar-refractivity contribution in [2.24, 2.45) is 0 Å². The third kappa shape index (κ3) is 5.47. The van der Waals surface area contributed by atoms with E-state index < -0.39 is 0 Å². The molecule has 7 aromatic carbocycles. The van der Waals surface area contributed by atoms with Crippen LogP contribution < -0.4 is 5.32 Å². The van der Waals surface area contributed by atoms with Crippen molar-refractivity contribution in [3.63, 3.8) is 0 Å². The van der Waals surface area contributed by atoms with Crippen molar-refractivity contribution in [2.75, 3.05) is 0 Å². The molecule has 2 nitrogen and oxygen atoms in total. The van der Waals surface area contributed by atoms with Gasteiger partial charge in [0, 0.05) is 22.4 Å². The van der Waals surface area contributed by atoms with Gasteiger partial charge in [0.25, 0.3) is 0 Å². The summed E-state index contributed by atoms with van der Waals surface area (Å²) in [6, 6.07) is 61.3. The minimum atomic E-state index is 0.462. The average molecular weight is 601 g/mol. The van der Waals surface area contributed by atoms with E-state index in [2.05, 4.69) is 169 Å². The zero-order chi connectivity index (χ0) is 31.6. The topological polar surface area (TPSA) is 35.9 Å². The largest absolute Gasteiger partial charge is 0.354 e. The maximum absolute atomic E-state index is 9.92. The second kappa shape index (κ2) is 12.3. The summed E-state index contributed by atoms with van der Waals surface area (Å²) in [7, 11) is 0. The van der Waals surface area contributed by atoms with Crippen LogP contribution in [-0.4, -0.2) is 5.71 Å². The second-order valence-electron chi connectivity index (χ2n) is 11.8. The van der Waals surface area contributed by atoms with Crippen molar-refractivity contribution in [1.29, 1.82) is 5.41 Å². The number of rotatable bonds is 6. The molecule has 2 heteroatoms. The Balaban J connectivity index is 1.35. The molecular weight excluding hydrogens is 569 g/mol. The van der Waals surface area contributed by atoms with Crippen LogP contribution in [-0.2, 0) is 0 Å². The minimum Gasteiger partial charge on any atom is -0.354 e. The first-order valence-corrected chi connectivity index (χ1v) is 15.9. The van der Waals surface area contributed by atoms with Crippen LogP contribution in [0.15, 0.2) is 176 Å². The monoisotopic (exact) mass is 600 g/mol. The fraction of sp³-hybridized carbons (Fsp3) is 0. The van der Waals surface area contributed by atoms with Crippen LogP contribution in [0.3, 0.4) is 0 Å². The second-order valence-corrected chi connectivity index (χ2v) is 11.8. The summed E-state index contributed by atoms with van der Waals surface area (Å²) >= 11 is 0. The standard InChI is InChI=1S/C45H32N2/c46-44(38-24-11-21-34(28-38)31-14-3-1-4-15-31)43(37-23-12-22-35(29-37)40-27-13-20-32-16-7-9-25-39(32)40)45-41-26-10-8-19-36(41)30-42(47-45)33-17-5-2-6-18-33/h1-30,46-47H/b45-43-,46-44?. The molecule has 0 aromatic heterocycles. The molecule has 222 valence electrons. The van der Waals surface area contributed by atoms with E-state index in [1.54, 1.807) is 0 Å². The number of fused-ring (bicyclic) bond motifs is 2. The van der Waals surface area contributed by atoms with Gasteiger partial charge < -0.3 is 5.32 Å². The van der Waals surface area contributed by atoms with Crippen molar-refractivity contribution < 1.29 is 0 Å². The Kier molecular flexibility index (Phi) is 7.37. The van der Waals surface area contributed by atoms with Crippen LogP contribution in [0.4, 0.5) is 0 Å². The van der Waals surface area contributed by atoms with Crippen molar-refractivity contribution in [1.82, 2.24) is 5.32 Å². The van der Waals surface area contributed by atoms with Gasteiger partial charge in [-0.25, -0.2) is 0 Å². The molecule has 0 amide bonds. The van der Waals surface area contributed by atoms with Crippen molar-refractivity contribution in [2.45, 2.75) is 0 Å². The quantitative estimate of drug-likeness (QED) is 0.183. The molecule has 0 radical (unpaired) electrons. The van der Waals surface area contributed by atoms with Gasteiger partial charge in [-0.05, 0) is 67.9 Å². The molecule has 0 atom stereocenters. The van der Waals surface area contributed by atoms with Crippen molar-refractivity contribution in [3.8, 4) is 22.3 Å². The number of hydrogen-bond acceptors (Lipinski definition) is 2. The maximum atomic E-state index is 9.92. The first-order chi connectivity index (χ1) is 23.2. The fourth-order valence-corrected chi connectivity index (χ4v) is 6.58. The maximum Gasteiger partial charge on any atom is 0.0711 e. The summed E-state index contributed by atoms with van der Waals surface area (Å²) in [6.07, 6.45) is 2.21. The van der Waals surface area contributed by atoms with Gasteiger partial charge in [-0.3, -0.25) is 5.41 Å². The average Bonchev–Trinajstić information content (AvgIpc) is 3.15. The van der Waals surface area contributed by atoms with Gasteiger partial charge in [-0.2, -0.15) is 0 Å². The third-order valence-corrected chi connectivity index (χ3v) is 8.88. The van der Waals surface area contributed by atoms with Gasteiger partial charge >= 0.3 is 0 Å². The van der Waals surface area contributed by atoms with Gasteiger partial charge in [-0.15, -0.1) is 0 Å². The van der Waals surface area contributed by atoms with Crippen LogP contribution in [0.1, 0.15) is 27.8 Å². The summed E-state index contributed by atoms with van der Waals surface area (Å²) in [6.45, 7) is 0. The molecule has 2 N–H and O–H groups in total. The van der Waals surface area contributed by atoms with E-state index in [9.17, 15) is 5.41 Å². The SMILES string of the molecule is N=C(/C(=C1\NC(c2ccccc2)=Cc2ccccc21)c1cccc(-c2cccc3ccccc23)c1)c1cccc(-c2ccccc2)c1. The van der Waals surface area contributed by atoms with E-state index in [0.29, 0.717) is 5.71 Å². The Morgan fingerprint density at radius 3 is 1.85 bits per heavy atom. The summed E-state index contributed by atoms with van der Waals surface area (Å²) in [5.41, 5.74) is 12.9. The molecule has 0 saturated heterocycles. The van der Waals surface area contributed by atoms with Gasteiger partial charge in [0.05, 0.1) is 11.4 Å². The normalized spacial score (nSPS) is 13.3. The summed E-state index contributed by atoms with van der Waals surface area (Å²) < 4.78 is 0. The predicted octanol–water partition coefficient (Wildman–Crippen LogP) is 11.2. The Labute approximate surface area is 275 Å². The number of hydrogen-bond donors (Lipinski definition) is 2. The van der Waals surface area contributed by atoms with Gasteiger partial charge in [0.1, 0.15) is 0 Å². The molecule has 7 aromatic rings. The van der Waals surface area contributed by atoms with E-state index in [0.717, 1.165) is 61.5 Å².